The van der Waals surface area contributed by atoms with E-state index in [2.05, 4.69) is 10.4 Å². The summed E-state index contributed by atoms with van der Waals surface area (Å²) in [5.41, 5.74) is 3.02. The van der Waals surface area contributed by atoms with E-state index in [0.29, 0.717) is 17.8 Å². The number of aromatic nitrogens is 2. The van der Waals surface area contributed by atoms with Gasteiger partial charge in [-0.15, -0.1) is 0 Å². The van der Waals surface area contributed by atoms with Gasteiger partial charge in [0, 0.05) is 11.4 Å². The second-order valence-electron chi connectivity index (χ2n) is 6.93. The van der Waals surface area contributed by atoms with Gasteiger partial charge in [0.25, 0.3) is 5.91 Å². The van der Waals surface area contributed by atoms with Gasteiger partial charge < -0.3 is 5.32 Å². The van der Waals surface area contributed by atoms with Gasteiger partial charge in [-0.05, 0) is 37.5 Å². The first kappa shape index (κ1) is 17.7. The minimum absolute atomic E-state index is 0.0907. The van der Waals surface area contributed by atoms with Crippen molar-refractivity contribution in [2.45, 2.75) is 39.2 Å². The highest BCUT2D eigenvalue weighted by atomic mass is 32.2. The van der Waals surface area contributed by atoms with E-state index in [1.165, 1.54) is 0 Å². The van der Waals surface area contributed by atoms with Gasteiger partial charge >= 0.3 is 0 Å². The molecule has 0 radical (unpaired) electrons. The molecule has 134 valence electrons. The second-order valence-corrected chi connectivity index (χ2v) is 9.16. The van der Waals surface area contributed by atoms with Crippen LogP contribution in [-0.4, -0.2) is 35.6 Å². The van der Waals surface area contributed by atoms with Crippen molar-refractivity contribution in [2.75, 3.05) is 16.8 Å². The Bertz CT molecular complexity index is 883. The van der Waals surface area contributed by atoms with E-state index in [9.17, 15) is 13.2 Å². The Hall–Kier alpha value is -2.15. The van der Waals surface area contributed by atoms with Crippen LogP contribution in [0.5, 0.6) is 0 Å². The zero-order valence-electron chi connectivity index (χ0n) is 14.7. The number of benzene rings is 1. The number of nitrogens with zero attached hydrogens (tertiary/aromatic N) is 2. The summed E-state index contributed by atoms with van der Waals surface area (Å²) in [7, 11) is -3.01. The number of rotatable bonds is 4. The van der Waals surface area contributed by atoms with Crippen molar-refractivity contribution in [3.05, 3.63) is 47.3 Å². The van der Waals surface area contributed by atoms with Crippen molar-refractivity contribution in [2.24, 2.45) is 0 Å². The first-order chi connectivity index (χ1) is 11.7. The minimum atomic E-state index is -3.01. The number of amides is 1. The first-order valence-electron chi connectivity index (χ1n) is 8.43. The molecule has 1 amide bonds. The lowest BCUT2D eigenvalue weighted by atomic mass is 10.1. The molecule has 1 N–H and O–H groups in total. The highest BCUT2D eigenvalue weighted by Crippen LogP contribution is 2.28. The third kappa shape index (κ3) is 3.92. The average molecular weight is 361 g/mol. The Balaban J connectivity index is 1.86. The van der Waals surface area contributed by atoms with Crippen molar-refractivity contribution >= 4 is 21.4 Å². The lowest BCUT2D eigenvalue weighted by Gasteiger charge is -2.15. The van der Waals surface area contributed by atoms with Crippen molar-refractivity contribution in [1.29, 1.82) is 0 Å². The molecule has 7 heteroatoms. The molecule has 2 heterocycles. The van der Waals surface area contributed by atoms with Gasteiger partial charge in [0.15, 0.2) is 15.5 Å². The Morgan fingerprint density at radius 3 is 2.52 bits per heavy atom. The zero-order chi connectivity index (χ0) is 18.2. The molecular weight excluding hydrogens is 338 g/mol. The topological polar surface area (TPSA) is 81.1 Å². The predicted octanol–water partition coefficient (Wildman–Crippen LogP) is 2.93. The summed E-state index contributed by atoms with van der Waals surface area (Å²) in [6, 6.07) is 9.12. The van der Waals surface area contributed by atoms with Gasteiger partial charge in [0.2, 0.25) is 0 Å². The van der Waals surface area contributed by atoms with Crippen LogP contribution in [0.25, 0.3) is 0 Å². The Morgan fingerprint density at radius 2 is 1.96 bits per heavy atom. The molecule has 25 heavy (non-hydrogen) atoms. The Morgan fingerprint density at radius 1 is 1.28 bits per heavy atom. The van der Waals surface area contributed by atoms with E-state index in [-0.39, 0.29) is 29.4 Å². The van der Waals surface area contributed by atoms with E-state index in [1.807, 2.05) is 45.0 Å². The molecule has 0 aliphatic carbocycles. The SMILES string of the molecule is Cc1ccc(NC(=O)c2cc(C(C)C)n(C3CCS(=O)(=O)C3)n2)cc1. The number of anilines is 1. The predicted molar refractivity (Wildman–Crippen MR) is 97.8 cm³/mol. The number of aryl methyl sites for hydroxylation is 1. The molecule has 3 rings (SSSR count). The largest absolute Gasteiger partial charge is 0.321 e. The van der Waals surface area contributed by atoms with Crippen molar-refractivity contribution in [1.82, 2.24) is 9.78 Å². The molecule has 2 aromatic rings. The average Bonchev–Trinajstić information content (AvgIpc) is 3.13. The number of nitrogens with one attached hydrogen (secondary N) is 1. The van der Waals surface area contributed by atoms with Crippen LogP contribution in [-0.2, 0) is 9.84 Å². The minimum Gasteiger partial charge on any atom is -0.321 e. The molecule has 1 saturated heterocycles. The fraction of sp³-hybridized carbons (Fsp3) is 0.444. The van der Waals surface area contributed by atoms with Gasteiger partial charge in [0.1, 0.15) is 0 Å². The summed E-state index contributed by atoms with van der Waals surface area (Å²) in [4.78, 5) is 12.5. The highest BCUT2D eigenvalue weighted by Gasteiger charge is 2.32. The van der Waals surface area contributed by atoms with Crippen LogP contribution in [0.2, 0.25) is 0 Å². The third-order valence-electron chi connectivity index (χ3n) is 4.45. The quantitative estimate of drug-likeness (QED) is 0.908. The van der Waals surface area contributed by atoms with E-state index in [1.54, 1.807) is 10.7 Å². The molecule has 1 fully saturated rings. The van der Waals surface area contributed by atoms with E-state index in [0.717, 1.165) is 11.3 Å². The van der Waals surface area contributed by atoms with E-state index >= 15 is 0 Å². The van der Waals surface area contributed by atoms with Crippen molar-refractivity contribution in [3.8, 4) is 0 Å². The molecule has 1 aromatic carbocycles. The summed E-state index contributed by atoms with van der Waals surface area (Å²) in [6.07, 6.45) is 0.544. The molecule has 1 aliphatic rings. The molecule has 1 aliphatic heterocycles. The number of carbonyl (C=O) groups is 1. The number of sulfone groups is 1. The molecule has 1 aromatic heterocycles. The van der Waals surface area contributed by atoms with Crippen LogP contribution in [0.4, 0.5) is 5.69 Å². The summed E-state index contributed by atoms with van der Waals surface area (Å²) in [5, 5.41) is 7.27. The Labute approximate surface area is 148 Å². The summed E-state index contributed by atoms with van der Waals surface area (Å²) >= 11 is 0. The van der Waals surface area contributed by atoms with E-state index in [4.69, 9.17) is 0 Å². The Kier molecular flexibility index (Phi) is 4.69. The van der Waals surface area contributed by atoms with Crippen LogP contribution in [0.15, 0.2) is 30.3 Å². The third-order valence-corrected chi connectivity index (χ3v) is 6.20. The molecule has 1 atom stereocenters. The normalized spacial score (nSPS) is 19.3. The smallest absolute Gasteiger partial charge is 0.276 e. The molecule has 6 nitrogen and oxygen atoms in total. The summed E-state index contributed by atoms with van der Waals surface area (Å²) in [5.74, 6) is 0.134. The molecule has 0 bridgehead atoms. The zero-order valence-corrected chi connectivity index (χ0v) is 15.5. The van der Waals surface area contributed by atoms with Crippen LogP contribution in [0.3, 0.4) is 0 Å². The van der Waals surface area contributed by atoms with E-state index < -0.39 is 9.84 Å². The fourth-order valence-electron chi connectivity index (χ4n) is 3.04. The maximum atomic E-state index is 12.5. The monoisotopic (exact) mass is 361 g/mol. The molecule has 0 spiro atoms. The van der Waals surface area contributed by atoms with Gasteiger partial charge in [-0.3, -0.25) is 9.48 Å². The van der Waals surface area contributed by atoms with Gasteiger partial charge in [-0.25, -0.2) is 8.42 Å². The van der Waals surface area contributed by atoms with Crippen LogP contribution >= 0.6 is 0 Å². The van der Waals surface area contributed by atoms with Gasteiger partial charge in [-0.2, -0.15) is 5.10 Å². The van der Waals surface area contributed by atoms with Gasteiger partial charge in [0.05, 0.1) is 17.5 Å². The first-order valence-corrected chi connectivity index (χ1v) is 10.3. The summed E-state index contributed by atoms with van der Waals surface area (Å²) < 4.78 is 25.3. The van der Waals surface area contributed by atoms with Crippen LogP contribution in [0.1, 0.15) is 54.0 Å². The van der Waals surface area contributed by atoms with Crippen LogP contribution in [0, 0.1) is 6.92 Å². The molecule has 0 saturated carbocycles. The second kappa shape index (κ2) is 6.63. The standard InChI is InChI=1S/C18H23N3O3S/c1-12(2)17-10-16(18(22)19-14-6-4-13(3)5-7-14)20-21(17)15-8-9-25(23,24)11-15/h4-7,10,12,15H,8-9,11H2,1-3H3,(H,19,22). The summed E-state index contributed by atoms with van der Waals surface area (Å²) in [6.45, 7) is 6.01. The fourth-order valence-corrected chi connectivity index (χ4v) is 4.74. The number of hydrogen-bond acceptors (Lipinski definition) is 4. The van der Waals surface area contributed by atoms with Crippen molar-refractivity contribution < 1.29 is 13.2 Å². The lowest BCUT2D eigenvalue weighted by Crippen LogP contribution is -2.17. The van der Waals surface area contributed by atoms with Crippen LogP contribution < -0.4 is 5.32 Å². The van der Waals surface area contributed by atoms with Gasteiger partial charge in [-0.1, -0.05) is 31.5 Å². The molecule has 1 unspecified atom stereocenters. The molecular formula is C18H23N3O3S. The maximum Gasteiger partial charge on any atom is 0.276 e. The number of hydrogen-bond donors (Lipinski definition) is 1. The van der Waals surface area contributed by atoms with Crippen molar-refractivity contribution in [3.63, 3.8) is 0 Å². The highest BCUT2D eigenvalue weighted by molar-refractivity contribution is 7.91. The number of carbonyl (C=O) groups excluding carboxylic acids is 1. The lowest BCUT2D eigenvalue weighted by molar-refractivity contribution is 0.102. The maximum absolute atomic E-state index is 12.5.